The SMILES string of the molecule is CC(C)Sc1ccc(CC(=O)OCc2cc(-c3ccco3)on2)cc1. The van der Waals surface area contributed by atoms with Crippen molar-refractivity contribution in [3.8, 4) is 11.5 Å². The number of furan rings is 1. The molecule has 0 spiro atoms. The van der Waals surface area contributed by atoms with Crippen molar-refractivity contribution in [2.45, 2.75) is 37.0 Å². The van der Waals surface area contributed by atoms with Crippen molar-refractivity contribution in [3.05, 3.63) is 60.0 Å². The van der Waals surface area contributed by atoms with Gasteiger partial charge in [-0.25, -0.2) is 0 Å². The Morgan fingerprint density at radius 1 is 1.20 bits per heavy atom. The van der Waals surface area contributed by atoms with Gasteiger partial charge in [0.2, 0.25) is 5.76 Å². The molecule has 0 saturated heterocycles. The van der Waals surface area contributed by atoms with E-state index in [0.717, 1.165) is 5.56 Å². The van der Waals surface area contributed by atoms with Crippen LogP contribution in [0.3, 0.4) is 0 Å². The van der Waals surface area contributed by atoms with Gasteiger partial charge in [-0.3, -0.25) is 4.79 Å². The minimum atomic E-state index is -0.299. The lowest BCUT2D eigenvalue weighted by Crippen LogP contribution is -2.08. The second kappa shape index (κ2) is 8.07. The molecule has 3 aromatic rings. The molecule has 0 atom stereocenters. The van der Waals surface area contributed by atoms with Gasteiger partial charge in [0.15, 0.2) is 5.76 Å². The molecule has 130 valence electrons. The van der Waals surface area contributed by atoms with Crippen molar-refractivity contribution in [1.29, 1.82) is 0 Å². The maximum Gasteiger partial charge on any atom is 0.310 e. The van der Waals surface area contributed by atoms with E-state index < -0.39 is 0 Å². The van der Waals surface area contributed by atoms with Crippen LogP contribution in [-0.4, -0.2) is 16.4 Å². The number of carbonyl (C=O) groups is 1. The van der Waals surface area contributed by atoms with Gasteiger partial charge >= 0.3 is 5.97 Å². The molecule has 0 aliphatic carbocycles. The summed E-state index contributed by atoms with van der Waals surface area (Å²) >= 11 is 1.79. The number of thioether (sulfide) groups is 1. The lowest BCUT2D eigenvalue weighted by molar-refractivity contribution is -0.144. The molecule has 0 aliphatic rings. The van der Waals surface area contributed by atoms with Crippen LogP contribution in [-0.2, 0) is 22.6 Å². The zero-order valence-electron chi connectivity index (χ0n) is 14.1. The first-order chi connectivity index (χ1) is 12.1. The topological polar surface area (TPSA) is 65.5 Å². The number of hydrogen-bond acceptors (Lipinski definition) is 6. The van der Waals surface area contributed by atoms with Crippen LogP contribution in [0.5, 0.6) is 0 Å². The molecule has 25 heavy (non-hydrogen) atoms. The Balaban J connectivity index is 1.49. The third kappa shape index (κ3) is 5.00. The Bertz CT molecular complexity index is 806. The molecule has 3 rings (SSSR count). The van der Waals surface area contributed by atoms with Gasteiger partial charge in [-0.2, -0.15) is 0 Å². The number of aromatic nitrogens is 1. The van der Waals surface area contributed by atoms with Crippen molar-refractivity contribution in [1.82, 2.24) is 5.16 Å². The summed E-state index contributed by atoms with van der Waals surface area (Å²) < 4.78 is 15.7. The molecule has 2 aromatic heterocycles. The normalized spacial score (nSPS) is 11.0. The van der Waals surface area contributed by atoms with E-state index in [0.29, 0.717) is 22.5 Å². The minimum absolute atomic E-state index is 0.0737. The highest BCUT2D eigenvalue weighted by Crippen LogP contribution is 2.23. The summed E-state index contributed by atoms with van der Waals surface area (Å²) in [6, 6.07) is 13.2. The number of esters is 1. The summed E-state index contributed by atoms with van der Waals surface area (Å²) in [5, 5.41) is 4.41. The predicted molar refractivity (Wildman–Crippen MR) is 95.1 cm³/mol. The van der Waals surface area contributed by atoms with Crippen molar-refractivity contribution in [2.24, 2.45) is 0 Å². The summed E-state index contributed by atoms with van der Waals surface area (Å²) in [7, 11) is 0. The molecule has 0 aliphatic heterocycles. The monoisotopic (exact) mass is 357 g/mol. The fraction of sp³-hybridized carbons (Fsp3) is 0.263. The van der Waals surface area contributed by atoms with Crippen LogP contribution in [0.25, 0.3) is 11.5 Å². The summed E-state index contributed by atoms with van der Waals surface area (Å²) in [4.78, 5) is 13.2. The standard InChI is InChI=1S/C19H19NO4S/c1-13(2)25-16-7-5-14(6-8-16)10-19(21)23-12-15-11-18(24-20-15)17-4-3-9-22-17/h3-9,11,13H,10,12H2,1-2H3. The highest BCUT2D eigenvalue weighted by molar-refractivity contribution is 7.99. The number of rotatable bonds is 7. The van der Waals surface area contributed by atoms with Gasteiger partial charge in [0.05, 0.1) is 12.7 Å². The van der Waals surface area contributed by atoms with E-state index in [4.69, 9.17) is 13.7 Å². The van der Waals surface area contributed by atoms with Gasteiger partial charge in [-0.15, -0.1) is 11.8 Å². The third-order valence-electron chi connectivity index (χ3n) is 3.35. The number of nitrogens with zero attached hydrogens (tertiary/aromatic N) is 1. The maximum atomic E-state index is 12.0. The highest BCUT2D eigenvalue weighted by Gasteiger charge is 2.11. The highest BCUT2D eigenvalue weighted by atomic mass is 32.2. The summed E-state index contributed by atoms with van der Waals surface area (Å²) in [5.41, 5.74) is 1.47. The van der Waals surface area contributed by atoms with Gasteiger partial charge in [0, 0.05) is 16.2 Å². The summed E-state index contributed by atoms with van der Waals surface area (Å²) in [6.07, 6.45) is 1.79. The molecule has 0 N–H and O–H groups in total. The van der Waals surface area contributed by atoms with Gasteiger partial charge in [0.1, 0.15) is 12.3 Å². The molecule has 0 radical (unpaired) electrons. The van der Waals surface area contributed by atoms with Crippen LogP contribution in [0.4, 0.5) is 0 Å². The molecule has 2 heterocycles. The average molecular weight is 357 g/mol. The van der Waals surface area contributed by atoms with Crippen LogP contribution in [0.2, 0.25) is 0 Å². The first kappa shape index (κ1) is 17.4. The van der Waals surface area contributed by atoms with Gasteiger partial charge < -0.3 is 13.7 Å². The zero-order chi connectivity index (χ0) is 17.6. The fourth-order valence-corrected chi connectivity index (χ4v) is 3.08. The smallest absolute Gasteiger partial charge is 0.310 e. The molecule has 0 fully saturated rings. The quantitative estimate of drug-likeness (QED) is 0.450. The van der Waals surface area contributed by atoms with Gasteiger partial charge in [-0.05, 0) is 29.8 Å². The summed E-state index contributed by atoms with van der Waals surface area (Å²) in [6.45, 7) is 4.37. The van der Waals surface area contributed by atoms with E-state index in [-0.39, 0.29) is 19.0 Å². The lowest BCUT2D eigenvalue weighted by Gasteiger charge is -2.06. The van der Waals surface area contributed by atoms with E-state index in [2.05, 4.69) is 19.0 Å². The molecule has 0 unspecified atom stereocenters. The first-order valence-electron chi connectivity index (χ1n) is 8.01. The molecule has 5 nitrogen and oxygen atoms in total. The molecular formula is C19H19NO4S. The first-order valence-corrected chi connectivity index (χ1v) is 8.89. The van der Waals surface area contributed by atoms with E-state index in [9.17, 15) is 4.79 Å². The van der Waals surface area contributed by atoms with Crippen molar-refractivity contribution >= 4 is 17.7 Å². The van der Waals surface area contributed by atoms with Crippen molar-refractivity contribution in [2.75, 3.05) is 0 Å². The van der Waals surface area contributed by atoms with Crippen molar-refractivity contribution < 1.29 is 18.5 Å². The van der Waals surface area contributed by atoms with Crippen LogP contribution in [0, 0.1) is 0 Å². The Kier molecular flexibility index (Phi) is 5.60. The Morgan fingerprint density at radius 3 is 2.68 bits per heavy atom. The number of benzene rings is 1. The molecule has 0 saturated carbocycles. The second-order valence-corrected chi connectivity index (χ2v) is 7.46. The largest absolute Gasteiger partial charge is 0.461 e. The van der Waals surface area contributed by atoms with E-state index in [1.54, 1.807) is 36.2 Å². The van der Waals surface area contributed by atoms with E-state index >= 15 is 0 Å². The van der Waals surface area contributed by atoms with Crippen LogP contribution < -0.4 is 0 Å². The Labute approximate surface area is 150 Å². The number of hydrogen-bond donors (Lipinski definition) is 0. The predicted octanol–water partition coefficient (Wildman–Crippen LogP) is 4.72. The Hall–Kier alpha value is -2.47. The second-order valence-electron chi connectivity index (χ2n) is 5.81. The molecule has 1 aromatic carbocycles. The van der Waals surface area contributed by atoms with Crippen LogP contribution in [0.1, 0.15) is 25.1 Å². The van der Waals surface area contributed by atoms with Crippen LogP contribution in [0.15, 0.2) is 62.6 Å². The third-order valence-corrected chi connectivity index (χ3v) is 4.36. The zero-order valence-corrected chi connectivity index (χ0v) is 14.9. The van der Waals surface area contributed by atoms with Gasteiger partial charge in [-0.1, -0.05) is 31.1 Å². The fourth-order valence-electron chi connectivity index (χ4n) is 2.24. The van der Waals surface area contributed by atoms with Crippen LogP contribution >= 0.6 is 11.8 Å². The van der Waals surface area contributed by atoms with E-state index in [1.807, 2.05) is 24.3 Å². The number of ether oxygens (including phenoxy) is 1. The van der Waals surface area contributed by atoms with E-state index in [1.165, 1.54) is 4.90 Å². The lowest BCUT2D eigenvalue weighted by atomic mass is 10.1. The average Bonchev–Trinajstić information content (AvgIpc) is 3.25. The molecule has 0 amide bonds. The summed E-state index contributed by atoms with van der Waals surface area (Å²) in [5.74, 6) is 0.797. The molecule has 6 heteroatoms. The molecular weight excluding hydrogens is 338 g/mol. The number of carbonyl (C=O) groups excluding carboxylic acids is 1. The van der Waals surface area contributed by atoms with Crippen molar-refractivity contribution in [3.63, 3.8) is 0 Å². The Morgan fingerprint density at radius 2 is 2.00 bits per heavy atom. The van der Waals surface area contributed by atoms with Gasteiger partial charge in [0.25, 0.3) is 0 Å². The minimum Gasteiger partial charge on any atom is -0.461 e. The maximum absolute atomic E-state index is 12.0. The molecule has 0 bridgehead atoms.